The highest BCUT2D eigenvalue weighted by molar-refractivity contribution is 9.10. The standard InChI is InChI=1S/C24H28BrClFN3O4/c1-24(2,17-5-8-23(22(25)9-17)34-14-19(31)10-26)16-3-6-21(7-4-16)33-15-20(32)13-30-12-18(11-27)28-29-30/h3-9,12,19-20,31-32H,10-11,13-15H2,1-2H3/t19-,20-/m1/s1/i27-1. The second-order valence-corrected chi connectivity index (χ2v) is 9.61. The lowest BCUT2D eigenvalue weighted by molar-refractivity contribution is 0.0888. The number of alkyl halides is 2. The summed E-state index contributed by atoms with van der Waals surface area (Å²) >= 11 is 9.16. The van der Waals surface area contributed by atoms with Gasteiger partial charge in [0.2, 0.25) is 0 Å². The van der Waals surface area contributed by atoms with Gasteiger partial charge in [-0.2, -0.15) is 0 Å². The molecule has 0 fully saturated rings. The van der Waals surface area contributed by atoms with E-state index in [1.807, 2.05) is 42.5 Å². The molecule has 3 rings (SSSR count). The number of aromatic nitrogens is 3. The van der Waals surface area contributed by atoms with E-state index in [0.717, 1.165) is 15.6 Å². The predicted octanol–water partition coefficient (Wildman–Crippen LogP) is 4.25. The van der Waals surface area contributed by atoms with E-state index in [1.165, 1.54) is 10.9 Å². The summed E-state index contributed by atoms with van der Waals surface area (Å²) in [4.78, 5) is 0. The lowest BCUT2D eigenvalue weighted by Crippen LogP contribution is -2.24. The van der Waals surface area contributed by atoms with Crippen LogP contribution in [0.1, 0.15) is 30.7 Å². The molecule has 0 saturated carbocycles. The molecular formula is C24H28BrClFN3O4. The van der Waals surface area contributed by atoms with Crippen LogP contribution in [0.15, 0.2) is 53.1 Å². The third-order valence-electron chi connectivity index (χ3n) is 5.40. The minimum absolute atomic E-state index is 0.0698. The van der Waals surface area contributed by atoms with Crippen LogP contribution in [0.25, 0.3) is 0 Å². The molecule has 2 aromatic carbocycles. The van der Waals surface area contributed by atoms with Crippen molar-refractivity contribution in [2.75, 3.05) is 19.1 Å². The first kappa shape index (κ1) is 26.4. The van der Waals surface area contributed by atoms with E-state index in [9.17, 15) is 14.6 Å². The van der Waals surface area contributed by atoms with Gasteiger partial charge in [-0.05, 0) is 51.3 Å². The van der Waals surface area contributed by atoms with Crippen LogP contribution in [0, 0.1) is 0 Å². The Kier molecular flexibility index (Phi) is 9.30. The Morgan fingerprint density at radius 1 is 1.06 bits per heavy atom. The summed E-state index contributed by atoms with van der Waals surface area (Å²) < 4.78 is 26.1. The minimum Gasteiger partial charge on any atom is -0.491 e. The van der Waals surface area contributed by atoms with Gasteiger partial charge < -0.3 is 19.7 Å². The van der Waals surface area contributed by atoms with Crippen molar-refractivity contribution in [2.24, 2.45) is 0 Å². The number of hydrogen-bond acceptors (Lipinski definition) is 6. The largest absolute Gasteiger partial charge is 0.491 e. The molecule has 0 unspecified atom stereocenters. The van der Waals surface area contributed by atoms with E-state index >= 15 is 0 Å². The molecule has 0 spiro atoms. The first-order valence-corrected chi connectivity index (χ1v) is 12.1. The number of halogens is 3. The molecule has 0 saturated heterocycles. The van der Waals surface area contributed by atoms with E-state index in [-0.39, 0.29) is 36.7 Å². The second kappa shape index (κ2) is 12.0. The number of hydrogen-bond donors (Lipinski definition) is 2. The number of nitrogens with zero attached hydrogens (tertiary/aromatic N) is 3. The quantitative estimate of drug-likeness (QED) is 0.325. The molecule has 1 aromatic heterocycles. The smallest absolute Gasteiger partial charge is 0.135 e. The Morgan fingerprint density at radius 3 is 2.35 bits per heavy atom. The molecule has 7 nitrogen and oxygen atoms in total. The Morgan fingerprint density at radius 2 is 1.74 bits per heavy atom. The maximum Gasteiger partial charge on any atom is 0.135 e. The average molecular weight is 556 g/mol. The highest BCUT2D eigenvalue weighted by Gasteiger charge is 2.24. The van der Waals surface area contributed by atoms with Gasteiger partial charge in [0.1, 0.15) is 49.3 Å². The summed E-state index contributed by atoms with van der Waals surface area (Å²) in [6.07, 6.45) is -0.0717. The maximum atomic E-state index is 12.6. The lowest BCUT2D eigenvalue weighted by atomic mass is 9.78. The van der Waals surface area contributed by atoms with Crippen LogP contribution in [-0.4, -0.2) is 56.5 Å². The fourth-order valence-electron chi connectivity index (χ4n) is 3.32. The van der Waals surface area contributed by atoms with Crippen molar-refractivity contribution in [1.29, 1.82) is 0 Å². The zero-order valence-corrected chi connectivity index (χ0v) is 21.3. The SMILES string of the molecule is CC(C)(c1ccc(OC[C@H](O)Cn2cc(C[18F])nn2)cc1)c1ccc(OC[C@H](O)CCl)c(Br)c1. The zero-order chi connectivity index (χ0) is 24.7. The van der Waals surface area contributed by atoms with Crippen molar-refractivity contribution >= 4 is 27.5 Å². The van der Waals surface area contributed by atoms with Crippen LogP contribution >= 0.6 is 27.5 Å². The van der Waals surface area contributed by atoms with Crippen LogP contribution in [0.3, 0.4) is 0 Å². The van der Waals surface area contributed by atoms with Gasteiger partial charge in [0.15, 0.2) is 0 Å². The van der Waals surface area contributed by atoms with Gasteiger partial charge >= 0.3 is 0 Å². The number of aliphatic hydroxyl groups excluding tert-OH is 2. The van der Waals surface area contributed by atoms with E-state index in [0.29, 0.717) is 11.5 Å². The molecule has 0 aliphatic rings. The first-order valence-electron chi connectivity index (χ1n) is 10.8. The van der Waals surface area contributed by atoms with Crippen molar-refractivity contribution in [3.05, 3.63) is 70.0 Å². The topological polar surface area (TPSA) is 89.6 Å². The number of rotatable bonds is 12. The Hall–Kier alpha value is -2.20. The van der Waals surface area contributed by atoms with Gasteiger partial charge in [-0.15, -0.1) is 16.7 Å². The molecular weight excluding hydrogens is 528 g/mol. The summed E-state index contributed by atoms with van der Waals surface area (Å²) in [6, 6.07) is 13.6. The molecule has 10 heteroatoms. The van der Waals surface area contributed by atoms with E-state index in [4.69, 9.17) is 21.1 Å². The van der Waals surface area contributed by atoms with Crippen molar-refractivity contribution in [1.82, 2.24) is 15.0 Å². The molecule has 0 amide bonds. The molecule has 0 radical (unpaired) electrons. The molecule has 34 heavy (non-hydrogen) atoms. The monoisotopic (exact) mass is 554 g/mol. The summed E-state index contributed by atoms with van der Waals surface area (Å²) in [5, 5.41) is 27.2. The highest BCUT2D eigenvalue weighted by Crippen LogP contribution is 2.36. The molecule has 3 aromatic rings. The predicted molar refractivity (Wildman–Crippen MR) is 131 cm³/mol. The Bertz CT molecular complexity index is 1060. The average Bonchev–Trinajstić information content (AvgIpc) is 3.29. The normalized spacial score (nSPS) is 13.5. The maximum absolute atomic E-state index is 12.6. The fourth-order valence-corrected chi connectivity index (χ4v) is 3.90. The minimum atomic E-state index is -0.811. The number of aliphatic hydroxyl groups is 2. The molecule has 0 bridgehead atoms. The van der Waals surface area contributed by atoms with Gasteiger partial charge in [0, 0.05) is 5.41 Å². The summed E-state index contributed by atoms with van der Waals surface area (Å²) in [5.74, 6) is 1.38. The molecule has 0 aliphatic heterocycles. The zero-order valence-electron chi connectivity index (χ0n) is 19.0. The Labute approximate surface area is 211 Å². The third-order valence-corrected chi connectivity index (χ3v) is 6.38. The molecule has 1 heterocycles. The summed E-state index contributed by atoms with van der Waals surface area (Å²) in [7, 11) is 0. The van der Waals surface area contributed by atoms with Gasteiger partial charge in [0.05, 0.1) is 23.1 Å². The Balaban J connectivity index is 1.59. The van der Waals surface area contributed by atoms with Crippen LogP contribution < -0.4 is 9.47 Å². The van der Waals surface area contributed by atoms with Gasteiger partial charge in [-0.25, -0.2) is 9.07 Å². The highest BCUT2D eigenvalue weighted by atomic mass is 79.9. The van der Waals surface area contributed by atoms with Crippen molar-refractivity contribution in [2.45, 2.75) is 44.7 Å². The van der Waals surface area contributed by atoms with Crippen molar-refractivity contribution < 1.29 is 24.1 Å². The summed E-state index contributed by atoms with van der Waals surface area (Å²) in [6.45, 7) is 3.91. The molecule has 184 valence electrons. The summed E-state index contributed by atoms with van der Waals surface area (Å²) in [5.41, 5.74) is 2.09. The second-order valence-electron chi connectivity index (χ2n) is 8.44. The first-order chi connectivity index (χ1) is 16.2. The van der Waals surface area contributed by atoms with Crippen molar-refractivity contribution in [3.8, 4) is 11.5 Å². The molecule has 0 aliphatic carbocycles. The van der Waals surface area contributed by atoms with E-state index < -0.39 is 18.9 Å². The number of ether oxygens (including phenoxy) is 2. The lowest BCUT2D eigenvalue weighted by Gasteiger charge is -2.27. The molecule has 2 atom stereocenters. The van der Waals surface area contributed by atoms with E-state index in [1.54, 1.807) is 0 Å². The van der Waals surface area contributed by atoms with Gasteiger partial charge in [0.25, 0.3) is 0 Å². The van der Waals surface area contributed by atoms with Crippen LogP contribution in [-0.2, 0) is 18.6 Å². The van der Waals surface area contributed by atoms with E-state index in [2.05, 4.69) is 40.1 Å². The van der Waals surface area contributed by atoms with Gasteiger partial charge in [-0.3, -0.25) is 0 Å². The van der Waals surface area contributed by atoms with Crippen molar-refractivity contribution in [3.63, 3.8) is 0 Å². The van der Waals surface area contributed by atoms with Gasteiger partial charge in [-0.1, -0.05) is 37.3 Å². The van der Waals surface area contributed by atoms with Crippen LogP contribution in [0.4, 0.5) is 4.39 Å². The molecule has 2 N–H and O–H groups in total. The van der Waals surface area contributed by atoms with Crippen LogP contribution in [0.5, 0.6) is 11.5 Å². The third kappa shape index (κ3) is 6.91. The number of benzene rings is 2. The van der Waals surface area contributed by atoms with Crippen LogP contribution in [0.2, 0.25) is 0 Å². The fraction of sp³-hybridized carbons (Fsp3) is 0.417.